The molecule has 6 heteroatoms. The van der Waals surface area contributed by atoms with Gasteiger partial charge in [0.1, 0.15) is 0 Å². The molecule has 2 rings (SSSR count). The molecule has 0 atom stereocenters. The number of rotatable bonds is 2. The SMILES string of the molecule is O=c1c(O)c(-c2cccc([N+](=O)[O-])c2)c1=O. The highest BCUT2D eigenvalue weighted by molar-refractivity contribution is 5.74. The van der Waals surface area contributed by atoms with Crippen molar-refractivity contribution in [3.05, 3.63) is 54.8 Å². The summed E-state index contributed by atoms with van der Waals surface area (Å²) in [5.41, 5.74) is -1.96. The molecule has 0 saturated carbocycles. The number of benzene rings is 1. The molecule has 0 radical (unpaired) electrons. The van der Waals surface area contributed by atoms with Crippen molar-refractivity contribution in [2.75, 3.05) is 0 Å². The van der Waals surface area contributed by atoms with E-state index in [0.717, 1.165) is 6.07 Å². The number of hydrogen-bond donors (Lipinski definition) is 1. The summed E-state index contributed by atoms with van der Waals surface area (Å²) in [6, 6.07) is 5.19. The van der Waals surface area contributed by atoms with Crippen LogP contribution < -0.4 is 10.9 Å². The third-order valence-electron chi connectivity index (χ3n) is 2.23. The minimum absolute atomic E-state index is 0.159. The van der Waals surface area contributed by atoms with Gasteiger partial charge in [0, 0.05) is 12.1 Å². The molecule has 0 heterocycles. The second-order valence-electron chi connectivity index (χ2n) is 3.19. The first-order valence-corrected chi connectivity index (χ1v) is 4.29. The molecule has 80 valence electrons. The Kier molecular flexibility index (Phi) is 2.05. The van der Waals surface area contributed by atoms with E-state index < -0.39 is 21.5 Å². The van der Waals surface area contributed by atoms with E-state index in [1.54, 1.807) is 0 Å². The molecule has 0 spiro atoms. The van der Waals surface area contributed by atoms with Gasteiger partial charge >= 0.3 is 0 Å². The highest BCUT2D eigenvalue weighted by atomic mass is 16.6. The Labute approximate surface area is 88.2 Å². The van der Waals surface area contributed by atoms with Crippen LogP contribution in [0.15, 0.2) is 33.9 Å². The standard InChI is InChI=1S/C10H5NO5/c12-8-7(9(13)10(8)14)5-2-1-3-6(4-5)11(15)16/h1-4,12H. The lowest BCUT2D eigenvalue weighted by Gasteiger charge is -2.04. The lowest BCUT2D eigenvalue weighted by atomic mass is 10.00. The van der Waals surface area contributed by atoms with Crippen LogP contribution in [0.1, 0.15) is 0 Å². The van der Waals surface area contributed by atoms with E-state index >= 15 is 0 Å². The zero-order valence-electron chi connectivity index (χ0n) is 7.84. The van der Waals surface area contributed by atoms with Crippen molar-refractivity contribution in [2.45, 2.75) is 0 Å². The van der Waals surface area contributed by atoms with Gasteiger partial charge in [0.25, 0.3) is 11.1 Å². The lowest BCUT2D eigenvalue weighted by Crippen LogP contribution is -2.31. The molecule has 0 aliphatic carbocycles. The molecule has 0 bridgehead atoms. The molecule has 0 aliphatic heterocycles. The van der Waals surface area contributed by atoms with Crippen LogP contribution in [0.25, 0.3) is 11.1 Å². The summed E-state index contributed by atoms with van der Waals surface area (Å²) in [7, 11) is 0. The third kappa shape index (κ3) is 1.28. The van der Waals surface area contributed by atoms with Crippen molar-refractivity contribution in [1.82, 2.24) is 0 Å². The second kappa shape index (κ2) is 3.27. The summed E-state index contributed by atoms with van der Waals surface area (Å²) in [4.78, 5) is 31.8. The molecule has 16 heavy (non-hydrogen) atoms. The van der Waals surface area contributed by atoms with Crippen LogP contribution in [0.2, 0.25) is 0 Å². The summed E-state index contributed by atoms with van der Waals surface area (Å²) < 4.78 is 0. The summed E-state index contributed by atoms with van der Waals surface area (Å²) in [6.45, 7) is 0. The van der Waals surface area contributed by atoms with Gasteiger partial charge in [0.15, 0.2) is 5.75 Å². The number of nitro benzene ring substituents is 1. The summed E-state index contributed by atoms with van der Waals surface area (Å²) in [5.74, 6) is -0.634. The number of aromatic hydroxyl groups is 1. The van der Waals surface area contributed by atoms with Gasteiger partial charge in [-0.25, -0.2) is 0 Å². The van der Waals surface area contributed by atoms with Gasteiger partial charge in [0.05, 0.1) is 10.5 Å². The van der Waals surface area contributed by atoms with Crippen molar-refractivity contribution in [2.24, 2.45) is 0 Å². The fourth-order valence-corrected chi connectivity index (χ4v) is 1.42. The molecule has 0 saturated heterocycles. The van der Waals surface area contributed by atoms with Crippen molar-refractivity contribution in [3.63, 3.8) is 0 Å². The van der Waals surface area contributed by atoms with E-state index in [1.807, 2.05) is 0 Å². The Morgan fingerprint density at radius 2 is 1.88 bits per heavy atom. The van der Waals surface area contributed by atoms with Gasteiger partial charge in [-0.1, -0.05) is 12.1 Å². The highest BCUT2D eigenvalue weighted by Gasteiger charge is 2.22. The normalized spacial score (nSPS) is 10.5. The third-order valence-corrected chi connectivity index (χ3v) is 2.23. The fraction of sp³-hybridized carbons (Fsp3) is 0. The predicted molar refractivity (Wildman–Crippen MR) is 55.1 cm³/mol. The molecule has 0 aromatic heterocycles. The van der Waals surface area contributed by atoms with Crippen LogP contribution in [0, 0.1) is 10.1 Å². The summed E-state index contributed by atoms with van der Waals surface area (Å²) in [6.07, 6.45) is 0. The lowest BCUT2D eigenvalue weighted by molar-refractivity contribution is -0.384. The predicted octanol–water partition coefficient (Wildman–Crippen LogP) is 0.563. The van der Waals surface area contributed by atoms with E-state index in [0.29, 0.717) is 0 Å². The smallest absolute Gasteiger partial charge is 0.270 e. The Balaban J connectivity index is 2.59. The Morgan fingerprint density at radius 1 is 1.19 bits per heavy atom. The average Bonchev–Trinajstić information content (AvgIpc) is 2.29. The first-order valence-electron chi connectivity index (χ1n) is 4.29. The summed E-state index contributed by atoms with van der Waals surface area (Å²) >= 11 is 0. The van der Waals surface area contributed by atoms with Gasteiger partial charge in [-0.15, -0.1) is 0 Å². The second-order valence-corrected chi connectivity index (χ2v) is 3.19. The zero-order chi connectivity index (χ0) is 11.9. The van der Waals surface area contributed by atoms with E-state index in [1.165, 1.54) is 18.2 Å². The van der Waals surface area contributed by atoms with Crippen molar-refractivity contribution in [3.8, 4) is 16.9 Å². The first-order chi connectivity index (χ1) is 7.52. The van der Waals surface area contributed by atoms with Crippen LogP contribution in [-0.4, -0.2) is 10.0 Å². The quantitative estimate of drug-likeness (QED) is 0.452. The molecule has 0 amide bonds. The number of non-ortho nitro benzene ring substituents is 1. The maximum Gasteiger partial charge on any atom is 0.270 e. The Morgan fingerprint density at radius 3 is 2.44 bits per heavy atom. The van der Waals surface area contributed by atoms with Gasteiger partial charge in [-0.05, 0) is 5.56 Å². The van der Waals surface area contributed by atoms with Crippen LogP contribution in [0.5, 0.6) is 5.75 Å². The molecule has 0 unspecified atom stereocenters. The molecule has 6 nitrogen and oxygen atoms in total. The molecule has 1 N–H and O–H groups in total. The molecular weight excluding hydrogens is 214 g/mol. The van der Waals surface area contributed by atoms with Crippen LogP contribution in [-0.2, 0) is 0 Å². The van der Waals surface area contributed by atoms with Gasteiger partial charge in [-0.3, -0.25) is 19.7 Å². The van der Waals surface area contributed by atoms with E-state index in [4.69, 9.17) is 5.11 Å². The number of nitrogens with zero attached hydrogens (tertiary/aromatic N) is 1. The van der Waals surface area contributed by atoms with E-state index in [2.05, 4.69) is 0 Å². The monoisotopic (exact) mass is 219 g/mol. The fourth-order valence-electron chi connectivity index (χ4n) is 1.42. The van der Waals surface area contributed by atoms with E-state index in [-0.39, 0.29) is 16.8 Å². The molecule has 2 aromatic carbocycles. The van der Waals surface area contributed by atoms with E-state index in [9.17, 15) is 19.7 Å². The maximum absolute atomic E-state index is 11.1. The van der Waals surface area contributed by atoms with Crippen molar-refractivity contribution < 1.29 is 10.0 Å². The maximum atomic E-state index is 11.1. The minimum atomic E-state index is -0.957. The van der Waals surface area contributed by atoms with Gasteiger partial charge in [-0.2, -0.15) is 0 Å². The Bertz CT molecular complexity index is 651. The molecular formula is C10H5NO5. The number of nitro groups is 1. The molecule has 0 aliphatic rings. The molecule has 0 fully saturated rings. The van der Waals surface area contributed by atoms with Crippen LogP contribution in [0.3, 0.4) is 0 Å². The first kappa shape index (κ1) is 10.0. The Hall–Kier alpha value is -2.50. The summed E-state index contributed by atoms with van der Waals surface area (Å²) in [5, 5.41) is 19.7. The largest absolute Gasteiger partial charge is 0.503 e. The minimum Gasteiger partial charge on any atom is -0.503 e. The van der Waals surface area contributed by atoms with Gasteiger partial charge < -0.3 is 5.11 Å². The highest BCUT2D eigenvalue weighted by Crippen LogP contribution is 2.26. The van der Waals surface area contributed by atoms with Crippen LogP contribution in [0.4, 0.5) is 5.69 Å². The van der Waals surface area contributed by atoms with Crippen molar-refractivity contribution >= 4 is 5.69 Å². The molecule has 2 aromatic rings. The van der Waals surface area contributed by atoms with Crippen molar-refractivity contribution in [1.29, 1.82) is 0 Å². The number of hydrogen-bond acceptors (Lipinski definition) is 5. The van der Waals surface area contributed by atoms with Crippen LogP contribution >= 0.6 is 0 Å². The topological polar surface area (TPSA) is 97.5 Å². The van der Waals surface area contributed by atoms with Gasteiger partial charge in [0.2, 0.25) is 5.43 Å². The zero-order valence-corrected chi connectivity index (χ0v) is 7.84. The average molecular weight is 219 g/mol.